The van der Waals surface area contributed by atoms with E-state index in [0.717, 1.165) is 33.2 Å². The number of carbonyl (C=O) groups excluding carboxylic acids is 2. The Morgan fingerprint density at radius 3 is 2.49 bits per heavy atom. The average Bonchev–Trinajstić information content (AvgIpc) is 3.64. The summed E-state index contributed by atoms with van der Waals surface area (Å²) in [5.41, 5.74) is 5.43. The van der Waals surface area contributed by atoms with E-state index in [1.54, 1.807) is 17.0 Å². The Hall–Kier alpha value is -4.58. The number of rotatable bonds is 6. The largest absolute Gasteiger partial charge is 0.459 e. The van der Waals surface area contributed by atoms with Crippen LogP contribution in [0.4, 0.5) is 0 Å². The molecule has 0 fully saturated rings. The van der Waals surface area contributed by atoms with Crippen LogP contribution in [0.2, 0.25) is 0 Å². The third-order valence-electron chi connectivity index (χ3n) is 7.22. The number of furan rings is 1. The van der Waals surface area contributed by atoms with E-state index in [0.29, 0.717) is 19.5 Å². The maximum atomic E-state index is 13.7. The molecule has 1 aliphatic heterocycles. The first-order valence-corrected chi connectivity index (χ1v) is 12.5. The van der Waals surface area contributed by atoms with Crippen LogP contribution in [0.25, 0.3) is 10.9 Å². The number of hydrogen-bond donors (Lipinski definition) is 2. The molecular weight excluding hydrogens is 462 g/mol. The van der Waals surface area contributed by atoms with Gasteiger partial charge in [0, 0.05) is 42.5 Å². The van der Waals surface area contributed by atoms with Gasteiger partial charge in [-0.2, -0.15) is 0 Å². The van der Waals surface area contributed by atoms with Crippen LogP contribution < -0.4 is 5.32 Å². The number of amides is 2. The highest BCUT2D eigenvalue weighted by molar-refractivity contribution is 5.96. The van der Waals surface area contributed by atoms with Gasteiger partial charge in [0.2, 0.25) is 5.91 Å². The van der Waals surface area contributed by atoms with E-state index in [2.05, 4.69) is 34.6 Å². The molecule has 184 valence electrons. The molecule has 1 aliphatic rings. The third-order valence-corrected chi connectivity index (χ3v) is 7.22. The molecule has 2 unspecified atom stereocenters. The minimum absolute atomic E-state index is 0.0496. The van der Waals surface area contributed by atoms with Crippen LogP contribution in [0, 0.1) is 0 Å². The first-order chi connectivity index (χ1) is 18.2. The second-order valence-corrected chi connectivity index (χ2v) is 9.40. The highest BCUT2D eigenvalue weighted by Gasteiger charge is 2.36. The Morgan fingerprint density at radius 2 is 1.68 bits per heavy atom. The summed E-state index contributed by atoms with van der Waals surface area (Å²) in [5.74, 6) is -0.268. The predicted molar refractivity (Wildman–Crippen MR) is 142 cm³/mol. The summed E-state index contributed by atoms with van der Waals surface area (Å²) in [4.78, 5) is 32.0. The van der Waals surface area contributed by atoms with Crippen molar-refractivity contribution in [3.8, 4) is 0 Å². The molecule has 37 heavy (non-hydrogen) atoms. The Labute approximate surface area is 214 Å². The number of aromatic amines is 1. The van der Waals surface area contributed by atoms with Gasteiger partial charge >= 0.3 is 0 Å². The van der Waals surface area contributed by atoms with E-state index in [9.17, 15) is 9.59 Å². The summed E-state index contributed by atoms with van der Waals surface area (Å²) in [7, 11) is 0. The monoisotopic (exact) mass is 489 g/mol. The highest BCUT2D eigenvalue weighted by Crippen LogP contribution is 2.31. The molecule has 6 rings (SSSR count). The van der Waals surface area contributed by atoms with Crippen LogP contribution in [0.15, 0.2) is 108 Å². The summed E-state index contributed by atoms with van der Waals surface area (Å²) >= 11 is 0. The summed E-state index contributed by atoms with van der Waals surface area (Å²) in [6.45, 7) is 0.768. The average molecular weight is 490 g/mol. The van der Waals surface area contributed by atoms with E-state index in [4.69, 9.17) is 4.42 Å². The van der Waals surface area contributed by atoms with Crippen LogP contribution in [0.3, 0.4) is 0 Å². The van der Waals surface area contributed by atoms with Gasteiger partial charge in [-0.15, -0.1) is 0 Å². The molecule has 0 aliphatic carbocycles. The maximum absolute atomic E-state index is 13.7. The zero-order valence-corrected chi connectivity index (χ0v) is 20.3. The third kappa shape index (κ3) is 4.42. The normalized spacial score (nSPS) is 15.8. The van der Waals surface area contributed by atoms with Crippen LogP contribution in [0.5, 0.6) is 0 Å². The van der Waals surface area contributed by atoms with Gasteiger partial charge in [-0.25, -0.2) is 0 Å². The first kappa shape index (κ1) is 22.9. The molecule has 2 atom stereocenters. The fourth-order valence-electron chi connectivity index (χ4n) is 5.31. The summed E-state index contributed by atoms with van der Waals surface area (Å²) in [6, 6.07) is 29.0. The summed E-state index contributed by atoms with van der Waals surface area (Å²) < 4.78 is 5.38. The van der Waals surface area contributed by atoms with Crippen molar-refractivity contribution in [1.29, 1.82) is 0 Å². The van der Waals surface area contributed by atoms with Crippen molar-refractivity contribution in [3.63, 3.8) is 0 Å². The number of fused-ring (bicyclic) bond motifs is 2. The Balaban J connectivity index is 1.29. The molecule has 0 saturated heterocycles. The van der Waals surface area contributed by atoms with Gasteiger partial charge in [0.1, 0.15) is 6.04 Å². The fraction of sp³-hybridized carbons (Fsp3) is 0.161. The second kappa shape index (κ2) is 9.82. The zero-order valence-electron chi connectivity index (χ0n) is 20.3. The number of nitrogens with zero attached hydrogens (tertiary/aromatic N) is 1. The van der Waals surface area contributed by atoms with Gasteiger partial charge in [0.25, 0.3) is 5.91 Å². The summed E-state index contributed by atoms with van der Waals surface area (Å²) in [5, 5.41) is 4.32. The lowest BCUT2D eigenvalue weighted by molar-refractivity contribution is -0.126. The molecule has 0 bridgehead atoms. The molecule has 0 saturated carbocycles. The molecule has 2 amide bonds. The van der Waals surface area contributed by atoms with E-state index in [-0.39, 0.29) is 23.5 Å². The predicted octanol–water partition coefficient (Wildman–Crippen LogP) is 5.28. The van der Waals surface area contributed by atoms with Crippen molar-refractivity contribution in [1.82, 2.24) is 15.2 Å². The Morgan fingerprint density at radius 1 is 0.919 bits per heavy atom. The topological polar surface area (TPSA) is 78.3 Å². The number of benzene rings is 3. The Bertz CT molecular complexity index is 1540. The lowest BCUT2D eigenvalue weighted by atomic mass is 9.90. The van der Waals surface area contributed by atoms with Crippen molar-refractivity contribution >= 4 is 22.7 Å². The number of para-hydroxylation sites is 1. The van der Waals surface area contributed by atoms with Crippen molar-refractivity contribution in [2.24, 2.45) is 0 Å². The SMILES string of the molecule is O=C(NCC(c1ccccc1)c1c[nH]c2ccccc12)C1Cc2ccccc2CN1C(=O)c1ccco1. The van der Waals surface area contributed by atoms with Crippen LogP contribution in [-0.4, -0.2) is 34.3 Å². The van der Waals surface area contributed by atoms with E-state index in [1.807, 2.05) is 60.8 Å². The standard InChI is InChI=1S/C31H27N3O3/c35-30(28-17-22-11-4-5-12-23(22)20-34(28)31(36)29-15-8-16-37-29)33-18-25(21-9-2-1-3-10-21)26-19-32-27-14-7-6-13-24(26)27/h1-16,19,25,28,32H,17-18,20H2,(H,33,35). The fourth-order valence-corrected chi connectivity index (χ4v) is 5.31. The van der Waals surface area contributed by atoms with Crippen LogP contribution >= 0.6 is 0 Å². The van der Waals surface area contributed by atoms with E-state index >= 15 is 0 Å². The number of H-pyrrole nitrogens is 1. The quantitative estimate of drug-likeness (QED) is 0.341. The van der Waals surface area contributed by atoms with Crippen molar-refractivity contribution < 1.29 is 14.0 Å². The summed E-state index contributed by atoms with van der Waals surface area (Å²) in [6.07, 6.45) is 3.96. The number of nitrogens with one attached hydrogen (secondary N) is 2. The van der Waals surface area contributed by atoms with Gasteiger partial charge in [-0.1, -0.05) is 72.8 Å². The molecule has 5 aromatic rings. The van der Waals surface area contributed by atoms with E-state index < -0.39 is 6.04 Å². The second-order valence-electron chi connectivity index (χ2n) is 9.40. The lowest BCUT2D eigenvalue weighted by Crippen LogP contribution is -2.53. The molecule has 6 nitrogen and oxygen atoms in total. The molecule has 2 N–H and O–H groups in total. The van der Waals surface area contributed by atoms with Crippen molar-refractivity contribution in [3.05, 3.63) is 131 Å². The van der Waals surface area contributed by atoms with Gasteiger partial charge in [-0.05, 0) is 40.5 Å². The lowest BCUT2D eigenvalue weighted by Gasteiger charge is -2.35. The van der Waals surface area contributed by atoms with Crippen LogP contribution in [-0.2, 0) is 17.8 Å². The first-order valence-electron chi connectivity index (χ1n) is 12.5. The number of carbonyl (C=O) groups is 2. The van der Waals surface area contributed by atoms with Gasteiger partial charge in [-0.3, -0.25) is 9.59 Å². The molecule has 2 aromatic heterocycles. The smallest absolute Gasteiger partial charge is 0.290 e. The van der Waals surface area contributed by atoms with Crippen LogP contribution in [0.1, 0.15) is 38.7 Å². The van der Waals surface area contributed by atoms with Crippen molar-refractivity contribution in [2.45, 2.75) is 24.9 Å². The van der Waals surface area contributed by atoms with Crippen molar-refractivity contribution in [2.75, 3.05) is 6.54 Å². The molecule has 0 radical (unpaired) electrons. The number of aromatic nitrogens is 1. The molecule has 3 heterocycles. The maximum Gasteiger partial charge on any atom is 0.290 e. The van der Waals surface area contributed by atoms with E-state index in [1.165, 1.54) is 6.26 Å². The zero-order chi connectivity index (χ0) is 25.2. The van der Waals surface area contributed by atoms with Gasteiger partial charge in [0.15, 0.2) is 5.76 Å². The van der Waals surface area contributed by atoms with Gasteiger partial charge < -0.3 is 19.6 Å². The van der Waals surface area contributed by atoms with Gasteiger partial charge in [0.05, 0.1) is 6.26 Å². The minimum atomic E-state index is -0.633. The molecular formula is C31H27N3O3. The Kier molecular flexibility index (Phi) is 6.06. The molecule has 6 heteroatoms. The molecule has 0 spiro atoms. The molecule has 3 aromatic carbocycles. The minimum Gasteiger partial charge on any atom is -0.459 e. The number of hydrogen-bond acceptors (Lipinski definition) is 3. The highest BCUT2D eigenvalue weighted by atomic mass is 16.3.